The number of nitrogens with one attached hydrogen (secondary N) is 1. The fraction of sp³-hybridized carbons (Fsp3) is 0.278. The van der Waals surface area contributed by atoms with Crippen LogP contribution in [0.25, 0.3) is 0 Å². The van der Waals surface area contributed by atoms with Gasteiger partial charge >= 0.3 is 0 Å². The summed E-state index contributed by atoms with van der Waals surface area (Å²) in [6.45, 7) is -0.533. The fourth-order valence-corrected chi connectivity index (χ4v) is 4.42. The van der Waals surface area contributed by atoms with Gasteiger partial charge in [0.1, 0.15) is 12.3 Å². The van der Waals surface area contributed by atoms with E-state index in [1.54, 1.807) is 12.1 Å². The number of amides is 1. The van der Waals surface area contributed by atoms with Crippen molar-refractivity contribution in [3.05, 3.63) is 47.5 Å². The summed E-state index contributed by atoms with van der Waals surface area (Å²) >= 11 is 5.94. The molecule has 0 aliphatic rings. The SMILES string of the molecule is COc1ccc(Cl)cc1NC(=O)CN(c1ccc(S(=O)(=O)N(C)C)cc1)S(C)(=O)=O. The molecule has 1 N–H and O–H groups in total. The Morgan fingerprint density at radius 1 is 1.07 bits per heavy atom. The van der Waals surface area contributed by atoms with Gasteiger partial charge in [-0.1, -0.05) is 11.6 Å². The Morgan fingerprint density at radius 2 is 1.67 bits per heavy atom. The summed E-state index contributed by atoms with van der Waals surface area (Å²) < 4.78 is 56.0. The molecule has 0 aromatic heterocycles. The highest BCUT2D eigenvalue weighted by Crippen LogP contribution is 2.28. The van der Waals surface area contributed by atoms with Crippen LogP contribution in [0, 0.1) is 0 Å². The molecule has 2 aromatic rings. The monoisotopic (exact) mass is 475 g/mol. The number of carbonyl (C=O) groups is 1. The largest absolute Gasteiger partial charge is 0.495 e. The molecule has 1 amide bonds. The van der Waals surface area contributed by atoms with E-state index < -0.39 is 32.5 Å². The minimum absolute atomic E-state index is 0.00202. The molecule has 30 heavy (non-hydrogen) atoms. The minimum Gasteiger partial charge on any atom is -0.495 e. The van der Waals surface area contributed by atoms with Crippen molar-refractivity contribution in [1.29, 1.82) is 0 Å². The van der Waals surface area contributed by atoms with Crippen LogP contribution in [-0.4, -0.2) is 61.1 Å². The van der Waals surface area contributed by atoms with Gasteiger partial charge in [0.2, 0.25) is 26.0 Å². The van der Waals surface area contributed by atoms with E-state index in [2.05, 4.69) is 5.32 Å². The minimum atomic E-state index is -3.84. The van der Waals surface area contributed by atoms with E-state index in [1.807, 2.05) is 0 Å². The van der Waals surface area contributed by atoms with Gasteiger partial charge in [-0.15, -0.1) is 0 Å². The van der Waals surface area contributed by atoms with Crippen molar-refractivity contribution in [3.63, 3.8) is 0 Å². The first-order chi connectivity index (χ1) is 13.9. The van der Waals surface area contributed by atoms with Crippen LogP contribution in [0.15, 0.2) is 47.4 Å². The molecule has 0 bridgehead atoms. The Morgan fingerprint density at radius 3 is 2.17 bits per heavy atom. The van der Waals surface area contributed by atoms with Crippen LogP contribution in [0.2, 0.25) is 5.02 Å². The second kappa shape index (κ2) is 9.21. The molecular weight excluding hydrogens is 454 g/mol. The standard InChI is InChI=1S/C18H22ClN3O6S2/c1-21(2)30(26,27)15-8-6-14(7-9-15)22(29(4,24)25)12-18(23)20-16-11-13(19)5-10-17(16)28-3/h5-11H,12H2,1-4H3,(H,20,23). The average molecular weight is 476 g/mol. The number of carbonyl (C=O) groups excluding carboxylic acids is 1. The molecule has 0 heterocycles. The first-order valence-electron chi connectivity index (χ1n) is 8.50. The molecule has 9 nitrogen and oxygen atoms in total. The number of anilines is 2. The van der Waals surface area contributed by atoms with Gasteiger partial charge in [-0.3, -0.25) is 9.10 Å². The first-order valence-corrected chi connectivity index (χ1v) is 12.2. The van der Waals surface area contributed by atoms with E-state index in [1.165, 1.54) is 51.5 Å². The van der Waals surface area contributed by atoms with Crippen LogP contribution < -0.4 is 14.4 Å². The van der Waals surface area contributed by atoms with Gasteiger partial charge in [-0.05, 0) is 42.5 Å². The van der Waals surface area contributed by atoms with Crippen LogP contribution in [0.4, 0.5) is 11.4 Å². The van der Waals surface area contributed by atoms with Crippen molar-refractivity contribution < 1.29 is 26.4 Å². The lowest BCUT2D eigenvalue weighted by Gasteiger charge is -2.22. The molecule has 0 aliphatic carbocycles. The fourth-order valence-electron chi connectivity index (χ4n) is 2.49. The molecule has 0 atom stereocenters. The quantitative estimate of drug-likeness (QED) is 0.624. The third kappa shape index (κ3) is 5.63. The Kier molecular flexibility index (Phi) is 7.35. The number of nitrogens with zero attached hydrogens (tertiary/aromatic N) is 2. The molecule has 12 heteroatoms. The van der Waals surface area contributed by atoms with E-state index in [0.717, 1.165) is 14.9 Å². The third-order valence-corrected chi connectivity index (χ3v) is 7.23. The summed E-state index contributed by atoms with van der Waals surface area (Å²) in [5.41, 5.74) is 0.430. The zero-order valence-electron chi connectivity index (χ0n) is 16.8. The Labute approximate surface area is 181 Å². The predicted octanol–water partition coefficient (Wildman–Crippen LogP) is 2.00. The molecule has 164 valence electrons. The van der Waals surface area contributed by atoms with Crippen LogP contribution in [-0.2, 0) is 24.8 Å². The number of sulfonamides is 2. The molecule has 2 rings (SSSR count). The molecule has 0 fully saturated rings. The lowest BCUT2D eigenvalue weighted by atomic mass is 10.3. The van der Waals surface area contributed by atoms with Crippen LogP contribution in [0.1, 0.15) is 0 Å². The molecule has 0 aliphatic heterocycles. The van der Waals surface area contributed by atoms with Gasteiger partial charge in [0.25, 0.3) is 0 Å². The van der Waals surface area contributed by atoms with E-state index in [9.17, 15) is 21.6 Å². The van der Waals surface area contributed by atoms with E-state index >= 15 is 0 Å². The van der Waals surface area contributed by atoms with E-state index in [0.29, 0.717) is 10.8 Å². The molecule has 0 saturated carbocycles. The lowest BCUT2D eigenvalue weighted by Crippen LogP contribution is -2.37. The zero-order chi connectivity index (χ0) is 22.7. The number of methoxy groups -OCH3 is 1. The van der Waals surface area contributed by atoms with Gasteiger partial charge in [-0.25, -0.2) is 21.1 Å². The van der Waals surface area contributed by atoms with Gasteiger partial charge in [-0.2, -0.15) is 0 Å². The summed E-state index contributed by atoms with van der Waals surface area (Å²) in [5, 5.41) is 2.93. The summed E-state index contributed by atoms with van der Waals surface area (Å²) in [6, 6.07) is 9.83. The normalized spacial score (nSPS) is 11.9. The van der Waals surface area contributed by atoms with E-state index in [4.69, 9.17) is 16.3 Å². The number of ether oxygens (including phenoxy) is 1. The zero-order valence-corrected chi connectivity index (χ0v) is 19.2. The molecule has 0 radical (unpaired) electrons. The second-order valence-corrected chi connectivity index (χ2v) is 10.9. The number of benzene rings is 2. The van der Waals surface area contributed by atoms with Crippen LogP contribution in [0.3, 0.4) is 0 Å². The van der Waals surface area contributed by atoms with Crippen molar-refractivity contribution in [3.8, 4) is 5.75 Å². The van der Waals surface area contributed by atoms with Gasteiger partial charge in [0.15, 0.2) is 0 Å². The first kappa shape index (κ1) is 23.9. The van der Waals surface area contributed by atoms with Crippen LogP contribution in [0.5, 0.6) is 5.75 Å². The van der Waals surface area contributed by atoms with E-state index in [-0.39, 0.29) is 16.3 Å². The van der Waals surface area contributed by atoms with Crippen LogP contribution >= 0.6 is 11.6 Å². The van der Waals surface area contributed by atoms with Crippen molar-refractivity contribution >= 4 is 48.9 Å². The topological polar surface area (TPSA) is 113 Å². The maximum Gasteiger partial charge on any atom is 0.245 e. The van der Waals surface area contributed by atoms with Gasteiger partial charge < -0.3 is 10.1 Å². The maximum atomic E-state index is 12.5. The predicted molar refractivity (Wildman–Crippen MR) is 116 cm³/mol. The number of halogens is 1. The highest BCUT2D eigenvalue weighted by molar-refractivity contribution is 7.92. The lowest BCUT2D eigenvalue weighted by molar-refractivity contribution is -0.114. The van der Waals surface area contributed by atoms with Crippen molar-refractivity contribution in [2.75, 3.05) is 43.6 Å². The highest BCUT2D eigenvalue weighted by Gasteiger charge is 2.23. The van der Waals surface area contributed by atoms with Crippen molar-refractivity contribution in [1.82, 2.24) is 4.31 Å². The second-order valence-electron chi connectivity index (χ2n) is 6.44. The smallest absolute Gasteiger partial charge is 0.245 e. The highest BCUT2D eigenvalue weighted by atomic mass is 35.5. The number of hydrogen-bond donors (Lipinski definition) is 1. The summed E-state index contributed by atoms with van der Waals surface area (Å²) in [4.78, 5) is 12.5. The van der Waals surface area contributed by atoms with Crippen molar-refractivity contribution in [2.45, 2.75) is 4.90 Å². The number of rotatable bonds is 8. The Bertz CT molecular complexity index is 1130. The molecule has 2 aromatic carbocycles. The molecule has 0 saturated heterocycles. The summed E-state index contributed by atoms with van der Waals surface area (Å²) in [7, 11) is -3.31. The third-order valence-electron chi connectivity index (χ3n) is 4.03. The van der Waals surface area contributed by atoms with Crippen molar-refractivity contribution in [2.24, 2.45) is 0 Å². The Hall–Kier alpha value is -2.34. The summed E-state index contributed by atoms with van der Waals surface area (Å²) in [5.74, 6) is -0.275. The maximum absolute atomic E-state index is 12.5. The molecule has 0 unspecified atom stereocenters. The molecule has 0 spiro atoms. The number of hydrogen-bond acceptors (Lipinski definition) is 6. The Balaban J connectivity index is 2.30. The van der Waals surface area contributed by atoms with Gasteiger partial charge in [0, 0.05) is 19.1 Å². The molecular formula is C18H22ClN3O6S2. The van der Waals surface area contributed by atoms with Gasteiger partial charge in [0.05, 0.1) is 29.6 Å². The summed E-state index contributed by atoms with van der Waals surface area (Å²) in [6.07, 6.45) is 0.949. The average Bonchev–Trinajstić information content (AvgIpc) is 2.65.